The number of benzene rings is 1. The van der Waals surface area contributed by atoms with Gasteiger partial charge in [0.1, 0.15) is 12.2 Å². The number of fused-ring (bicyclic) bond motifs is 1. The molecule has 7 nitrogen and oxygen atoms in total. The molecule has 0 unspecified atom stereocenters. The van der Waals surface area contributed by atoms with Gasteiger partial charge in [0.2, 0.25) is 6.10 Å². The monoisotopic (exact) mass is 376 g/mol. The third-order valence-electron chi connectivity index (χ3n) is 4.57. The molecule has 2 aliphatic heterocycles. The zero-order valence-corrected chi connectivity index (χ0v) is 16.2. The zero-order valence-electron chi connectivity index (χ0n) is 16.2. The fraction of sp³-hybridized carbons (Fsp3) is 0.600. The summed E-state index contributed by atoms with van der Waals surface area (Å²) < 4.78 is 16.8. The van der Waals surface area contributed by atoms with Gasteiger partial charge in [-0.05, 0) is 52.2 Å². The summed E-state index contributed by atoms with van der Waals surface area (Å²) in [6.07, 6.45) is 1.78. The number of hydrogen-bond donors (Lipinski definition) is 1. The zero-order chi connectivity index (χ0) is 19.4. The molecule has 2 amide bonds. The van der Waals surface area contributed by atoms with Gasteiger partial charge in [0.15, 0.2) is 11.5 Å². The third kappa shape index (κ3) is 5.05. The number of rotatable bonds is 3. The quantitative estimate of drug-likeness (QED) is 0.878. The highest BCUT2D eigenvalue weighted by molar-refractivity contribution is 5.81. The Balaban J connectivity index is 1.55. The maximum absolute atomic E-state index is 12.5. The average Bonchev–Trinajstić information content (AvgIpc) is 2.64. The fourth-order valence-corrected chi connectivity index (χ4v) is 3.25. The van der Waals surface area contributed by atoms with Crippen molar-refractivity contribution in [2.75, 3.05) is 19.7 Å². The molecule has 3 rings (SSSR count). The molecule has 1 aromatic rings. The topological polar surface area (TPSA) is 77.1 Å². The molecule has 0 aliphatic carbocycles. The van der Waals surface area contributed by atoms with E-state index in [1.54, 1.807) is 11.0 Å². The molecule has 2 heterocycles. The number of ether oxygens (including phenoxy) is 3. The molecule has 0 saturated carbocycles. The molecule has 1 saturated heterocycles. The highest BCUT2D eigenvalue weighted by atomic mass is 16.6. The number of carbonyl (C=O) groups is 2. The molecule has 0 bridgehead atoms. The minimum absolute atomic E-state index is 0.0747. The molecule has 7 heteroatoms. The van der Waals surface area contributed by atoms with E-state index in [0.717, 1.165) is 19.3 Å². The first-order valence-electron chi connectivity index (χ1n) is 9.49. The van der Waals surface area contributed by atoms with E-state index in [0.29, 0.717) is 24.6 Å². The van der Waals surface area contributed by atoms with E-state index in [1.807, 2.05) is 39.0 Å². The largest absolute Gasteiger partial charge is 0.485 e. The van der Waals surface area contributed by atoms with E-state index in [9.17, 15) is 9.59 Å². The summed E-state index contributed by atoms with van der Waals surface area (Å²) in [5, 5.41) is 2.91. The predicted molar refractivity (Wildman–Crippen MR) is 99.9 cm³/mol. The number of carbonyl (C=O) groups excluding carboxylic acids is 2. The Morgan fingerprint density at radius 1 is 1.22 bits per heavy atom. The van der Waals surface area contributed by atoms with Crippen molar-refractivity contribution in [1.29, 1.82) is 0 Å². The minimum Gasteiger partial charge on any atom is -0.485 e. The Morgan fingerprint density at radius 3 is 2.70 bits per heavy atom. The van der Waals surface area contributed by atoms with Crippen molar-refractivity contribution >= 4 is 12.0 Å². The summed E-state index contributed by atoms with van der Waals surface area (Å²) in [6.45, 7) is 6.74. The molecular formula is C20H28N2O5. The van der Waals surface area contributed by atoms with Crippen molar-refractivity contribution in [3.8, 4) is 11.5 Å². The lowest BCUT2D eigenvalue weighted by Gasteiger charge is -2.37. The summed E-state index contributed by atoms with van der Waals surface area (Å²) in [6, 6.07) is 7.21. The molecule has 2 aliphatic rings. The summed E-state index contributed by atoms with van der Waals surface area (Å²) in [4.78, 5) is 26.7. The Labute approximate surface area is 160 Å². The number of amides is 2. The average molecular weight is 376 g/mol. The van der Waals surface area contributed by atoms with Gasteiger partial charge in [0, 0.05) is 13.1 Å². The number of piperidine rings is 1. The Bertz CT molecular complexity index is 685. The van der Waals surface area contributed by atoms with Crippen molar-refractivity contribution in [2.24, 2.45) is 0 Å². The first kappa shape index (κ1) is 19.3. The van der Waals surface area contributed by atoms with Crippen molar-refractivity contribution in [3.05, 3.63) is 24.3 Å². The molecule has 1 N–H and O–H groups in total. The SMILES string of the molecule is CC(C)(C)OC(=O)N1CCCC[C@H]1CNC(=O)[C@H]1COc2ccccc2O1. The van der Waals surface area contributed by atoms with Gasteiger partial charge in [0.25, 0.3) is 5.91 Å². The van der Waals surface area contributed by atoms with Crippen LogP contribution in [0, 0.1) is 0 Å². The number of nitrogens with one attached hydrogen (secondary N) is 1. The molecule has 0 spiro atoms. The maximum atomic E-state index is 12.5. The molecule has 148 valence electrons. The van der Waals surface area contributed by atoms with E-state index < -0.39 is 11.7 Å². The lowest BCUT2D eigenvalue weighted by molar-refractivity contribution is -0.130. The molecule has 1 aromatic carbocycles. The second-order valence-electron chi connectivity index (χ2n) is 7.93. The van der Waals surface area contributed by atoms with Crippen LogP contribution in [-0.4, -0.2) is 54.3 Å². The first-order valence-corrected chi connectivity index (χ1v) is 9.49. The summed E-state index contributed by atoms with van der Waals surface area (Å²) in [5.41, 5.74) is -0.539. The van der Waals surface area contributed by atoms with E-state index in [2.05, 4.69) is 5.32 Å². The van der Waals surface area contributed by atoms with Gasteiger partial charge >= 0.3 is 6.09 Å². The molecule has 0 radical (unpaired) electrons. The van der Waals surface area contributed by atoms with E-state index >= 15 is 0 Å². The van der Waals surface area contributed by atoms with Crippen molar-refractivity contribution < 1.29 is 23.8 Å². The Morgan fingerprint density at radius 2 is 1.96 bits per heavy atom. The summed E-state index contributed by atoms with van der Waals surface area (Å²) in [5.74, 6) is 0.973. The van der Waals surface area contributed by atoms with Gasteiger partial charge < -0.3 is 24.4 Å². The van der Waals surface area contributed by atoms with Crippen LogP contribution >= 0.6 is 0 Å². The Kier molecular flexibility index (Phi) is 5.77. The minimum atomic E-state index is -0.696. The van der Waals surface area contributed by atoms with Gasteiger partial charge in [-0.2, -0.15) is 0 Å². The van der Waals surface area contributed by atoms with Gasteiger partial charge in [-0.3, -0.25) is 4.79 Å². The molecule has 0 aromatic heterocycles. The number of nitrogens with zero attached hydrogens (tertiary/aromatic N) is 1. The van der Waals surface area contributed by atoms with E-state index in [1.165, 1.54) is 0 Å². The molecule has 1 fully saturated rings. The Hall–Kier alpha value is -2.44. The summed E-state index contributed by atoms with van der Waals surface area (Å²) in [7, 11) is 0. The third-order valence-corrected chi connectivity index (χ3v) is 4.57. The van der Waals surface area contributed by atoms with Crippen LogP contribution in [0.2, 0.25) is 0 Å². The van der Waals surface area contributed by atoms with Crippen molar-refractivity contribution in [1.82, 2.24) is 10.2 Å². The smallest absolute Gasteiger partial charge is 0.410 e. The number of likely N-dealkylation sites (tertiary alicyclic amines) is 1. The lowest BCUT2D eigenvalue weighted by atomic mass is 10.0. The van der Waals surface area contributed by atoms with E-state index in [-0.39, 0.29) is 24.6 Å². The van der Waals surface area contributed by atoms with Crippen LogP contribution in [0.4, 0.5) is 4.79 Å². The maximum Gasteiger partial charge on any atom is 0.410 e. The summed E-state index contributed by atoms with van der Waals surface area (Å²) >= 11 is 0. The van der Waals surface area contributed by atoms with Gasteiger partial charge in [0.05, 0.1) is 6.04 Å². The number of para-hydroxylation sites is 2. The van der Waals surface area contributed by atoms with Crippen LogP contribution in [0.15, 0.2) is 24.3 Å². The highest BCUT2D eigenvalue weighted by Crippen LogP contribution is 2.30. The van der Waals surface area contributed by atoms with Gasteiger partial charge in [-0.25, -0.2) is 4.79 Å². The van der Waals surface area contributed by atoms with Gasteiger partial charge in [-0.15, -0.1) is 0 Å². The van der Waals surface area contributed by atoms with Crippen LogP contribution < -0.4 is 14.8 Å². The van der Waals surface area contributed by atoms with Crippen LogP contribution in [0.25, 0.3) is 0 Å². The van der Waals surface area contributed by atoms with Gasteiger partial charge in [-0.1, -0.05) is 12.1 Å². The van der Waals surface area contributed by atoms with Crippen LogP contribution in [0.3, 0.4) is 0 Å². The fourth-order valence-electron chi connectivity index (χ4n) is 3.25. The van der Waals surface area contributed by atoms with Crippen LogP contribution in [0.1, 0.15) is 40.0 Å². The van der Waals surface area contributed by atoms with Crippen molar-refractivity contribution in [3.63, 3.8) is 0 Å². The second-order valence-corrected chi connectivity index (χ2v) is 7.93. The predicted octanol–water partition coefficient (Wildman–Crippen LogP) is 2.73. The molecule has 2 atom stereocenters. The lowest BCUT2D eigenvalue weighted by Crippen LogP contribution is -2.53. The number of hydrogen-bond acceptors (Lipinski definition) is 5. The van der Waals surface area contributed by atoms with Crippen LogP contribution in [-0.2, 0) is 9.53 Å². The van der Waals surface area contributed by atoms with E-state index in [4.69, 9.17) is 14.2 Å². The van der Waals surface area contributed by atoms with Crippen LogP contribution in [0.5, 0.6) is 11.5 Å². The highest BCUT2D eigenvalue weighted by Gasteiger charge is 2.32. The molecular weight excluding hydrogens is 348 g/mol. The first-order chi connectivity index (χ1) is 12.8. The normalized spacial score (nSPS) is 22.1. The molecule has 27 heavy (non-hydrogen) atoms. The standard InChI is InChI=1S/C20H28N2O5/c1-20(2,3)27-19(24)22-11-7-6-8-14(22)12-21-18(23)17-13-25-15-9-4-5-10-16(15)26-17/h4-5,9-10,14,17H,6-8,11-13H2,1-3H3,(H,21,23)/t14-,17+/m0/s1. The second kappa shape index (κ2) is 8.06. The van der Waals surface area contributed by atoms with Crippen molar-refractivity contribution in [2.45, 2.75) is 57.8 Å².